The van der Waals surface area contributed by atoms with Crippen LogP contribution in [0.4, 0.5) is 0 Å². The van der Waals surface area contributed by atoms with E-state index in [1.165, 1.54) is 0 Å². The van der Waals surface area contributed by atoms with Crippen LogP contribution < -0.4 is 10.6 Å². The molecule has 1 aromatic carbocycles. The fourth-order valence-electron chi connectivity index (χ4n) is 3.62. The van der Waals surface area contributed by atoms with Crippen LogP contribution in [0.3, 0.4) is 0 Å². The monoisotopic (exact) mass is 364 g/mol. The van der Waals surface area contributed by atoms with E-state index in [2.05, 4.69) is 20.6 Å². The van der Waals surface area contributed by atoms with Crippen LogP contribution >= 0.6 is 0 Å². The van der Waals surface area contributed by atoms with E-state index in [0.29, 0.717) is 25.4 Å². The largest absolute Gasteiger partial charge is 0.354 e. The molecular formula is C20H24N6O. The molecule has 1 fully saturated rings. The number of amides is 1. The van der Waals surface area contributed by atoms with Gasteiger partial charge in [-0.1, -0.05) is 29.8 Å². The second-order valence-electron chi connectivity index (χ2n) is 7.04. The van der Waals surface area contributed by atoms with E-state index in [1.54, 1.807) is 12.4 Å². The molecule has 1 amide bonds. The molecule has 1 aliphatic heterocycles. The van der Waals surface area contributed by atoms with Crippen molar-refractivity contribution in [2.45, 2.75) is 32.2 Å². The summed E-state index contributed by atoms with van der Waals surface area (Å²) in [6.45, 7) is 5.06. The molecule has 0 spiro atoms. The quantitative estimate of drug-likeness (QED) is 0.694. The zero-order chi connectivity index (χ0) is 18.6. The van der Waals surface area contributed by atoms with Crippen molar-refractivity contribution >= 4 is 17.1 Å². The van der Waals surface area contributed by atoms with Gasteiger partial charge < -0.3 is 10.6 Å². The Morgan fingerprint density at radius 1 is 1.33 bits per heavy atom. The first-order valence-electron chi connectivity index (χ1n) is 9.41. The summed E-state index contributed by atoms with van der Waals surface area (Å²) >= 11 is 0. The molecule has 4 rings (SSSR count). The number of hydrogen-bond donors (Lipinski definition) is 2. The fraction of sp³-hybridized carbons (Fsp3) is 0.400. The summed E-state index contributed by atoms with van der Waals surface area (Å²) in [7, 11) is 0. The molecule has 0 aliphatic carbocycles. The lowest BCUT2D eigenvalue weighted by atomic mass is 10.0. The summed E-state index contributed by atoms with van der Waals surface area (Å²) in [6, 6.07) is 8.03. The predicted molar refractivity (Wildman–Crippen MR) is 103 cm³/mol. The van der Waals surface area contributed by atoms with E-state index in [1.807, 2.05) is 35.9 Å². The van der Waals surface area contributed by atoms with Crippen molar-refractivity contribution in [3.8, 4) is 0 Å². The maximum absolute atomic E-state index is 12.2. The summed E-state index contributed by atoms with van der Waals surface area (Å²) in [5, 5.41) is 11.1. The summed E-state index contributed by atoms with van der Waals surface area (Å²) < 4.78 is 1.86. The number of carbonyl (C=O) groups excluding carboxylic acids is 1. The van der Waals surface area contributed by atoms with Crippen LogP contribution in [-0.4, -0.2) is 45.3 Å². The minimum absolute atomic E-state index is 0.0170. The van der Waals surface area contributed by atoms with Crippen molar-refractivity contribution in [3.63, 3.8) is 0 Å². The van der Waals surface area contributed by atoms with Crippen molar-refractivity contribution in [1.82, 2.24) is 30.4 Å². The molecule has 0 unspecified atom stereocenters. The first-order valence-corrected chi connectivity index (χ1v) is 9.41. The molecule has 3 aromatic rings. The molecule has 0 bridgehead atoms. The number of benzene rings is 1. The number of carbonyl (C=O) groups is 1. The number of nitrogens with one attached hydrogen (secondary N) is 2. The van der Waals surface area contributed by atoms with Gasteiger partial charge in [-0.2, -0.15) is 5.10 Å². The normalized spacial score (nSPS) is 16.7. The van der Waals surface area contributed by atoms with Gasteiger partial charge in [0.15, 0.2) is 5.65 Å². The molecule has 7 nitrogen and oxygen atoms in total. The average molecular weight is 364 g/mol. The van der Waals surface area contributed by atoms with Gasteiger partial charge >= 0.3 is 0 Å². The van der Waals surface area contributed by atoms with E-state index in [4.69, 9.17) is 5.10 Å². The molecule has 140 valence electrons. The molecule has 1 atom stereocenters. The number of fused-ring (bicyclic) bond motifs is 1. The topological polar surface area (TPSA) is 84.7 Å². The maximum atomic E-state index is 12.2. The highest BCUT2D eigenvalue weighted by molar-refractivity contribution is 5.78. The van der Waals surface area contributed by atoms with Crippen molar-refractivity contribution in [1.29, 1.82) is 0 Å². The Morgan fingerprint density at radius 2 is 2.22 bits per heavy atom. The Labute approximate surface area is 158 Å². The Hall–Kier alpha value is -2.80. The van der Waals surface area contributed by atoms with Crippen molar-refractivity contribution in [2.24, 2.45) is 0 Å². The number of aryl methyl sites for hydroxylation is 1. The number of hydrogen-bond acceptors (Lipinski definition) is 5. The van der Waals surface area contributed by atoms with Crippen LogP contribution in [0.15, 0.2) is 36.7 Å². The number of aromatic nitrogens is 4. The van der Waals surface area contributed by atoms with Crippen LogP contribution in [-0.2, 0) is 17.8 Å². The van der Waals surface area contributed by atoms with Crippen LogP contribution in [0.5, 0.6) is 0 Å². The van der Waals surface area contributed by atoms with E-state index >= 15 is 0 Å². The molecule has 7 heteroatoms. The predicted octanol–water partition coefficient (Wildman–Crippen LogP) is 1.57. The minimum atomic E-state index is 0.0170. The van der Waals surface area contributed by atoms with E-state index in [-0.39, 0.29) is 5.91 Å². The smallest absolute Gasteiger partial charge is 0.224 e. The van der Waals surface area contributed by atoms with Crippen molar-refractivity contribution < 1.29 is 4.79 Å². The Morgan fingerprint density at radius 3 is 3.04 bits per heavy atom. The average Bonchev–Trinajstić information content (AvgIpc) is 3.30. The molecule has 2 N–H and O–H groups in total. The van der Waals surface area contributed by atoms with Crippen LogP contribution in [0.25, 0.3) is 11.2 Å². The molecular weight excluding hydrogens is 340 g/mol. The van der Waals surface area contributed by atoms with E-state index in [9.17, 15) is 4.79 Å². The molecule has 1 saturated heterocycles. The first kappa shape index (κ1) is 17.6. The summed E-state index contributed by atoms with van der Waals surface area (Å²) in [5.41, 5.74) is 4.86. The first-order chi connectivity index (χ1) is 13.2. The van der Waals surface area contributed by atoms with Crippen molar-refractivity contribution in [3.05, 3.63) is 53.5 Å². The van der Waals surface area contributed by atoms with Gasteiger partial charge in [0.2, 0.25) is 5.91 Å². The van der Waals surface area contributed by atoms with Gasteiger partial charge in [-0.25, -0.2) is 14.6 Å². The van der Waals surface area contributed by atoms with Gasteiger partial charge in [-0.15, -0.1) is 0 Å². The van der Waals surface area contributed by atoms with Crippen molar-refractivity contribution in [2.75, 3.05) is 19.6 Å². The zero-order valence-corrected chi connectivity index (χ0v) is 15.5. The molecule has 3 heterocycles. The van der Waals surface area contributed by atoms with Crippen LogP contribution in [0.1, 0.15) is 29.2 Å². The highest BCUT2D eigenvalue weighted by Gasteiger charge is 2.24. The van der Waals surface area contributed by atoms with Crippen LogP contribution in [0, 0.1) is 6.92 Å². The van der Waals surface area contributed by atoms with Gasteiger partial charge in [0, 0.05) is 31.4 Å². The van der Waals surface area contributed by atoms with Gasteiger partial charge in [0.1, 0.15) is 5.52 Å². The highest BCUT2D eigenvalue weighted by Crippen LogP contribution is 2.26. The molecule has 2 aromatic heterocycles. The lowest BCUT2D eigenvalue weighted by molar-refractivity contribution is -0.120. The fourth-order valence-corrected chi connectivity index (χ4v) is 3.62. The third-order valence-corrected chi connectivity index (χ3v) is 4.93. The van der Waals surface area contributed by atoms with E-state index < -0.39 is 0 Å². The lowest BCUT2D eigenvalue weighted by Crippen LogP contribution is -2.29. The number of rotatable bonds is 6. The Balaban J connectivity index is 1.41. The summed E-state index contributed by atoms with van der Waals surface area (Å²) in [4.78, 5) is 21.2. The second kappa shape index (κ2) is 7.84. The molecule has 0 radical (unpaired) electrons. The Kier molecular flexibility index (Phi) is 5.11. The molecule has 0 saturated carbocycles. The van der Waals surface area contributed by atoms with Gasteiger partial charge in [0.05, 0.1) is 18.7 Å². The van der Waals surface area contributed by atoms with E-state index in [0.717, 1.165) is 47.5 Å². The third-order valence-electron chi connectivity index (χ3n) is 4.93. The summed E-state index contributed by atoms with van der Waals surface area (Å²) in [6.07, 6.45) is 4.85. The summed E-state index contributed by atoms with van der Waals surface area (Å²) in [5.74, 6) is 0.393. The second-order valence-corrected chi connectivity index (χ2v) is 7.04. The minimum Gasteiger partial charge on any atom is -0.354 e. The third kappa shape index (κ3) is 3.98. The standard InChI is InChI=1S/C20H24N6O/c1-14-3-2-4-15(11-14)12-17(27)22-9-10-26-20-19(23-7-8-24-20)18(25-26)16-5-6-21-13-16/h2-4,7-8,11,16,21H,5-6,9-10,12-13H2,1H3,(H,22,27)/t16-/m1/s1. The maximum Gasteiger partial charge on any atom is 0.224 e. The molecule has 27 heavy (non-hydrogen) atoms. The van der Waals surface area contributed by atoms with Gasteiger partial charge in [-0.3, -0.25) is 4.79 Å². The van der Waals surface area contributed by atoms with Crippen LogP contribution in [0.2, 0.25) is 0 Å². The lowest BCUT2D eigenvalue weighted by Gasteiger charge is -2.07. The highest BCUT2D eigenvalue weighted by atomic mass is 16.1. The van der Waals surface area contributed by atoms with Gasteiger partial charge in [0.25, 0.3) is 0 Å². The van der Waals surface area contributed by atoms with Gasteiger partial charge in [-0.05, 0) is 25.5 Å². The number of nitrogens with zero attached hydrogens (tertiary/aromatic N) is 4. The molecule has 1 aliphatic rings. The SMILES string of the molecule is Cc1cccc(CC(=O)NCCn2nc([C@@H]3CCNC3)c3nccnc32)c1. The zero-order valence-electron chi connectivity index (χ0n) is 15.5. The Bertz CT molecular complexity index is 945.